The van der Waals surface area contributed by atoms with Gasteiger partial charge in [-0.25, -0.2) is 8.42 Å². The summed E-state index contributed by atoms with van der Waals surface area (Å²) in [4.78, 5) is 21.4. The van der Waals surface area contributed by atoms with Crippen LogP contribution in [0, 0.1) is 32.1 Å². The molecule has 1 saturated carbocycles. The maximum Gasteiger partial charge on any atom is 0.245 e. The molecule has 1 aliphatic carbocycles. The van der Waals surface area contributed by atoms with Gasteiger partial charge in [0.1, 0.15) is 17.3 Å². The van der Waals surface area contributed by atoms with Gasteiger partial charge in [-0.15, -0.1) is 0 Å². The molecule has 3 heterocycles. The van der Waals surface area contributed by atoms with E-state index in [9.17, 15) is 13.2 Å². The zero-order valence-corrected chi connectivity index (χ0v) is 21.0. The summed E-state index contributed by atoms with van der Waals surface area (Å²) in [5, 5.41) is 0. The molecule has 0 radical (unpaired) electrons. The van der Waals surface area contributed by atoms with Gasteiger partial charge in [-0.05, 0) is 63.3 Å². The number of anilines is 2. The Morgan fingerprint density at radius 2 is 1.79 bits per heavy atom. The van der Waals surface area contributed by atoms with Crippen molar-refractivity contribution in [3.8, 4) is 11.6 Å². The van der Waals surface area contributed by atoms with E-state index >= 15 is 0 Å². The predicted octanol–water partition coefficient (Wildman–Crippen LogP) is 3.62. The zero-order chi connectivity index (χ0) is 24.3. The van der Waals surface area contributed by atoms with Gasteiger partial charge in [0.2, 0.25) is 21.8 Å². The van der Waals surface area contributed by atoms with E-state index in [1.165, 1.54) is 0 Å². The Bertz CT molecular complexity index is 1230. The van der Waals surface area contributed by atoms with Crippen LogP contribution in [0.5, 0.6) is 11.6 Å². The third-order valence-electron chi connectivity index (χ3n) is 7.00. The van der Waals surface area contributed by atoms with Crippen LogP contribution >= 0.6 is 0 Å². The Kier molecular flexibility index (Phi) is 5.50. The Hall–Kier alpha value is -2.81. The maximum absolute atomic E-state index is 12.5. The molecule has 2 aromatic rings. The summed E-state index contributed by atoms with van der Waals surface area (Å²) in [6.07, 6.45) is 4.20. The van der Waals surface area contributed by atoms with Gasteiger partial charge in [0.05, 0.1) is 6.26 Å². The van der Waals surface area contributed by atoms with Crippen LogP contribution in [0.25, 0.3) is 0 Å². The van der Waals surface area contributed by atoms with E-state index < -0.39 is 10.0 Å². The lowest BCUT2D eigenvalue weighted by atomic mass is 9.79. The summed E-state index contributed by atoms with van der Waals surface area (Å²) in [7, 11) is -3.50. The Balaban J connectivity index is 1.37. The Morgan fingerprint density at radius 1 is 1.12 bits per heavy atom. The number of benzene rings is 1. The molecule has 1 aromatic heterocycles. The molecular weight excluding hydrogens is 452 g/mol. The lowest BCUT2D eigenvalue weighted by Gasteiger charge is -2.48. The fraction of sp³-hybridized carbons (Fsp3) is 0.520. The number of amides is 1. The first kappa shape index (κ1) is 23.0. The molecule has 2 aliphatic heterocycles. The standard InChI is InChI=1S/C25H32N4O4S/c1-16-11-17(2)22(18(3)12-16)33-23-20(27-34(4,31)32)7-8-21(26-23)29-14-25(15-29)9-10-28(13-25)24(30)19-5-6-19/h7-8,11-12,19,27H,5-6,9-10,13-15H2,1-4H3. The molecule has 3 aliphatic rings. The molecule has 0 unspecified atom stereocenters. The molecule has 8 nitrogen and oxygen atoms in total. The van der Waals surface area contributed by atoms with Gasteiger partial charge in [-0.1, -0.05) is 17.7 Å². The highest BCUT2D eigenvalue weighted by atomic mass is 32.2. The number of carbonyl (C=O) groups excluding carboxylic acids is 1. The molecule has 1 N–H and O–H groups in total. The van der Waals surface area contributed by atoms with Gasteiger partial charge in [-0.3, -0.25) is 9.52 Å². The van der Waals surface area contributed by atoms with Gasteiger partial charge in [0.15, 0.2) is 0 Å². The number of hydrogen-bond donors (Lipinski definition) is 1. The predicted molar refractivity (Wildman–Crippen MR) is 132 cm³/mol. The second-order valence-electron chi connectivity index (χ2n) is 10.4. The van der Waals surface area contributed by atoms with E-state index in [4.69, 9.17) is 9.72 Å². The first-order valence-corrected chi connectivity index (χ1v) is 13.7. The minimum absolute atomic E-state index is 0.126. The third kappa shape index (κ3) is 4.58. The molecule has 1 amide bonds. The van der Waals surface area contributed by atoms with Crippen molar-refractivity contribution in [1.82, 2.24) is 9.88 Å². The van der Waals surface area contributed by atoms with Crippen LogP contribution in [-0.4, -0.2) is 56.6 Å². The van der Waals surface area contributed by atoms with Gasteiger partial charge in [0.25, 0.3) is 0 Å². The van der Waals surface area contributed by atoms with Crippen molar-refractivity contribution in [1.29, 1.82) is 0 Å². The molecular formula is C25H32N4O4S. The largest absolute Gasteiger partial charge is 0.436 e. The van der Waals surface area contributed by atoms with Crippen molar-refractivity contribution in [2.75, 3.05) is 42.1 Å². The van der Waals surface area contributed by atoms with Crippen molar-refractivity contribution in [3.63, 3.8) is 0 Å². The van der Waals surface area contributed by atoms with Crippen LogP contribution in [0.3, 0.4) is 0 Å². The number of likely N-dealkylation sites (tertiary alicyclic amines) is 1. The normalized spacial score (nSPS) is 19.3. The highest BCUT2D eigenvalue weighted by Gasteiger charge is 2.50. The number of carbonyl (C=O) groups is 1. The summed E-state index contributed by atoms with van der Waals surface area (Å²) in [5.41, 5.74) is 3.49. The summed E-state index contributed by atoms with van der Waals surface area (Å²) >= 11 is 0. The van der Waals surface area contributed by atoms with Crippen LogP contribution in [0.1, 0.15) is 36.0 Å². The number of rotatable bonds is 6. The number of aryl methyl sites for hydroxylation is 3. The lowest BCUT2D eigenvalue weighted by Crippen LogP contribution is -2.58. The fourth-order valence-electron chi connectivity index (χ4n) is 5.28. The average Bonchev–Trinajstić information content (AvgIpc) is 3.47. The molecule has 1 spiro atoms. The zero-order valence-electron chi connectivity index (χ0n) is 20.2. The van der Waals surface area contributed by atoms with Crippen LogP contribution in [-0.2, 0) is 14.8 Å². The number of pyridine rings is 1. The minimum atomic E-state index is -3.50. The number of nitrogens with zero attached hydrogens (tertiary/aromatic N) is 3. The topological polar surface area (TPSA) is 91.8 Å². The minimum Gasteiger partial charge on any atom is -0.436 e. The SMILES string of the molecule is Cc1cc(C)c(Oc2nc(N3CC4(CCN(C(=O)C5CC5)C4)C3)ccc2NS(C)(=O)=O)c(C)c1. The van der Waals surface area contributed by atoms with E-state index in [0.717, 1.165) is 74.2 Å². The molecule has 5 rings (SSSR count). The van der Waals surface area contributed by atoms with E-state index in [0.29, 0.717) is 17.3 Å². The van der Waals surface area contributed by atoms with Gasteiger partial charge < -0.3 is 14.5 Å². The molecule has 182 valence electrons. The molecule has 2 saturated heterocycles. The number of ether oxygens (including phenoxy) is 1. The fourth-order valence-corrected chi connectivity index (χ4v) is 5.84. The summed E-state index contributed by atoms with van der Waals surface area (Å²) < 4.78 is 32.6. The average molecular weight is 485 g/mol. The van der Waals surface area contributed by atoms with Crippen molar-refractivity contribution >= 4 is 27.4 Å². The summed E-state index contributed by atoms with van der Waals surface area (Å²) in [5.74, 6) is 2.24. The third-order valence-corrected chi connectivity index (χ3v) is 7.59. The van der Waals surface area contributed by atoms with Crippen molar-refractivity contribution < 1.29 is 17.9 Å². The lowest BCUT2D eigenvalue weighted by molar-refractivity contribution is -0.132. The highest BCUT2D eigenvalue weighted by molar-refractivity contribution is 7.92. The smallest absolute Gasteiger partial charge is 0.245 e. The van der Waals surface area contributed by atoms with Crippen molar-refractivity contribution in [3.05, 3.63) is 41.0 Å². The van der Waals surface area contributed by atoms with Crippen LogP contribution in [0.2, 0.25) is 0 Å². The Labute approximate surface area is 201 Å². The number of aromatic nitrogens is 1. The number of hydrogen-bond acceptors (Lipinski definition) is 6. The number of nitrogens with one attached hydrogen (secondary N) is 1. The summed E-state index contributed by atoms with van der Waals surface area (Å²) in [6.45, 7) is 9.28. The molecule has 0 bridgehead atoms. The van der Waals surface area contributed by atoms with E-state index in [-0.39, 0.29) is 17.2 Å². The van der Waals surface area contributed by atoms with Crippen molar-refractivity contribution in [2.24, 2.45) is 11.3 Å². The van der Waals surface area contributed by atoms with Crippen LogP contribution in [0.15, 0.2) is 24.3 Å². The highest BCUT2D eigenvalue weighted by Crippen LogP contribution is 2.44. The van der Waals surface area contributed by atoms with E-state index in [1.54, 1.807) is 6.07 Å². The first-order chi connectivity index (χ1) is 16.0. The van der Waals surface area contributed by atoms with Gasteiger partial charge in [-0.2, -0.15) is 4.98 Å². The van der Waals surface area contributed by atoms with Gasteiger partial charge >= 0.3 is 0 Å². The second kappa shape index (κ2) is 8.15. The number of sulfonamides is 1. The van der Waals surface area contributed by atoms with E-state index in [2.05, 4.69) is 9.62 Å². The first-order valence-electron chi connectivity index (χ1n) is 11.8. The monoisotopic (exact) mass is 484 g/mol. The van der Waals surface area contributed by atoms with Crippen LogP contribution in [0.4, 0.5) is 11.5 Å². The molecule has 1 aromatic carbocycles. The quantitative estimate of drug-likeness (QED) is 0.673. The van der Waals surface area contributed by atoms with Gasteiger partial charge in [0, 0.05) is 37.5 Å². The maximum atomic E-state index is 12.5. The second-order valence-corrected chi connectivity index (χ2v) is 12.1. The van der Waals surface area contributed by atoms with Crippen molar-refractivity contribution in [2.45, 2.75) is 40.0 Å². The molecule has 34 heavy (non-hydrogen) atoms. The molecule has 3 fully saturated rings. The van der Waals surface area contributed by atoms with Crippen LogP contribution < -0.4 is 14.4 Å². The Morgan fingerprint density at radius 3 is 2.41 bits per heavy atom. The molecule has 0 atom stereocenters. The van der Waals surface area contributed by atoms with E-state index in [1.807, 2.05) is 43.9 Å². The summed E-state index contributed by atoms with van der Waals surface area (Å²) in [6, 6.07) is 7.60. The molecule has 9 heteroatoms.